The van der Waals surface area contributed by atoms with E-state index in [4.69, 9.17) is 5.11 Å². The smallest absolute Gasteiger partial charge is 0.357 e. The molecule has 0 saturated heterocycles. The molecule has 0 saturated carbocycles. The molecule has 0 atom stereocenters. The number of aromatic nitrogens is 1. The summed E-state index contributed by atoms with van der Waals surface area (Å²) in [5.41, 5.74) is 0.167. The van der Waals surface area contributed by atoms with Gasteiger partial charge in [0.1, 0.15) is 11.4 Å². The molecule has 0 aliphatic carbocycles. The number of hydrogen-bond donors (Lipinski definition) is 2. The number of rotatable bonds is 5. The van der Waals surface area contributed by atoms with Crippen LogP contribution in [0.4, 0.5) is 0 Å². The quantitative estimate of drug-likeness (QED) is 0.569. The first-order valence-electron chi connectivity index (χ1n) is 4.54. The van der Waals surface area contributed by atoms with Gasteiger partial charge in [0.05, 0.1) is 13.7 Å². The number of carbonyl (C=O) groups excluding carboxylic acids is 2. The average Bonchev–Trinajstić information content (AvgIpc) is 2.73. The third-order valence-electron chi connectivity index (χ3n) is 1.69. The number of nitrogens with one attached hydrogen (secondary N) is 1. The molecule has 7 nitrogen and oxygen atoms in total. The van der Waals surface area contributed by atoms with Gasteiger partial charge in [-0.05, 0) is 0 Å². The zero-order chi connectivity index (χ0) is 12.8. The highest BCUT2D eigenvalue weighted by Gasteiger charge is 2.12. The summed E-state index contributed by atoms with van der Waals surface area (Å²) in [4.78, 5) is 36.2. The Bertz CT molecular complexity index is 442. The van der Waals surface area contributed by atoms with Gasteiger partial charge in [-0.25, -0.2) is 9.78 Å². The van der Waals surface area contributed by atoms with Crippen LogP contribution in [0.15, 0.2) is 5.38 Å². The molecule has 17 heavy (non-hydrogen) atoms. The van der Waals surface area contributed by atoms with Crippen molar-refractivity contribution in [3.8, 4) is 0 Å². The van der Waals surface area contributed by atoms with Crippen LogP contribution in [0.2, 0.25) is 0 Å². The van der Waals surface area contributed by atoms with Gasteiger partial charge in [0, 0.05) is 5.38 Å². The molecule has 92 valence electrons. The number of nitrogens with zero attached hydrogens (tertiary/aromatic N) is 1. The summed E-state index contributed by atoms with van der Waals surface area (Å²) in [5.74, 6) is -2.35. The Kier molecular flexibility index (Phi) is 4.58. The summed E-state index contributed by atoms with van der Waals surface area (Å²) >= 11 is 1.18. The van der Waals surface area contributed by atoms with Crippen molar-refractivity contribution >= 4 is 29.2 Å². The second kappa shape index (κ2) is 5.94. The van der Waals surface area contributed by atoms with Crippen molar-refractivity contribution < 1.29 is 24.2 Å². The number of ether oxygens (including phenoxy) is 1. The summed E-state index contributed by atoms with van der Waals surface area (Å²) in [5, 5.41) is 12.7. The molecule has 0 fully saturated rings. The minimum absolute atomic E-state index is 0.0910. The lowest BCUT2D eigenvalue weighted by Crippen LogP contribution is -2.25. The Morgan fingerprint density at radius 3 is 2.82 bits per heavy atom. The van der Waals surface area contributed by atoms with E-state index < -0.39 is 24.3 Å². The summed E-state index contributed by atoms with van der Waals surface area (Å²) in [6, 6.07) is 0. The number of aliphatic carboxylic acids is 1. The maximum atomic E-state index is 11.1. The van der Waals surface area contributed by atoms with Crippen LogP contribution in [0.1, 0.15) is 21.9 Å². The van der Waals surface area contributed by atoms with Crippen LogP contribution in [-0.2, 0) is 20.9 Å². The standard InChI is InChI=1S/C9H10N2O5S/c1-16-9(15)5-4-17-7(11-5)3-10-6(12)2-8(13)14/h4H,2-3H2,1H3,(H,10,12)(H,13,14). The van der Waals surface area contributed by atoms with E-state index in [0.29, 0.717) is 5.01 Å². The van der Waals surface area contributed by atoms with E-state index in [1.54, 1.807) is 0 Å². The van der Waals surface area contributed by atoms with Gasteiger partial charge >= 0.3 is 11.9 Å². The molecule has 1 heterocycles. The minimum Gasteiger partial charge on any atom is -0.481 e. The third-order valence-corrected chi connectivity index (χ3v) is 2.54. The lowest BCUT2D eigenvalue weighted by atomic mass is 10.4. The fraction of sp³-hybridized carbons (Fsp3) is 0.333. The fourth-order valence-electron chi connectivity index (χ4n) is 0.964. The third kappa shape index (κ3) is 4.19. The Morgan fingerprint density at radius 2 is 2.24 bits per heavy atom. The van der Waals surface area contributed by atoms with E-state index >= 15 is 0 Å². The lowest BCUT2D eigenvalue weighted by Gasteiger charge is -1.99. The van der Waals surface area contributed by atoms with E-state index in [1.807, 2.05) is 0 Å². The van der Waals surface area contributed by atoms with Gasteiger partial charge in [-0.2, -0.15) is 0 Å². The molecule has 0 radical (unpaired) electrons. The van der Waals surface area contributed by atoms with E-state index in [9.17, 15) is 14.4 Å². The van der Waals surface area contributed by atoms with Crippen molar-refractivity contribution in [3.05, 3.63) is 16.1 Å². The normalized spacial score (nSPS) is 9.71. The Morgan fingerprint density at radius 1 is 1.53 bits per heavy atom. The van der Waals surface area contributed by atoms with E-state index in [-0.39, 0.29) is 12.2 Å². The first-order valence-corrected chi connectivity index (χ1v) is 5.42. The SMILES string of the molecule is COC(=O)c1csc(CNC(=O)CC(=O)O)n1. The van der Waals surface area contributed by atoms with Crippen LogP contribution in [0.25, 0.3) is 0 Å². The number of carboxylic acid groups (broad SMARTS) is 1. The molecule has 1 rings (SSSR count). The molecule has 0 spiro atoms. The molecule has 1 amide bonds. The van der Waals surface area contributed by atoms with Gasteiger partial charge in [0.2, 0.25) is 5.91 Å². The first kappa shape index (κ1) is 13.1. The predicted octanol–water partition coefficient (Wildman–Crippen LogP) is 0.0206. The van der Waals surface area contributed by atoms with Crippen LogP contribution in [0.5, 0.6) is 0 Å². The lowest BCUT2D eigenvalue weighted by molar-refractivity contribution is -0.140. The highest BCUT2D eigenvalue weighted by Crippen LogP contribution is 2.10. The monoisotopic (exact) mass is 258 g/mol. The van der Waals surface area contributed by atoms with Crippen molar-refractivity contribution in [1.29, 1.82) is 0 Å². The predicted molar refractivity (Wildman–Crippen MR) is 57.6 cm³/mol. The van der Waals surface area contributed by atoms with Crippen molar-refractivity contribution in [1.82, 2.24) is 10.3 Å². The van der Waals surface area contributed by atoms with Gasteiger partial charge in [0.25, 0.3) is 0 Å². The summed E-state index contributed by atoms with van der Waals surface area (Å²) in [7, 11) is 1.25. The highest BCUT2D eigenvalue weighted by molar-refractivity contribution is 7.09. The molecule has 0 bridgehead atoms. The zero-order valence-electron chi connectivity index (χ0n) is 8.93. The second-order valence-electron chi connectivity index (χ2n) is 2.97. The number of thiazole rings is 1. The minimum atomic E-state index is -1.20. The van der Waals surface area contributed by atoms with Gasteiger partial charge in [-0.1, -0.05) is 0 Å². The molecular weight excluding hydrogens is 248 g/mol. The van der Waals surface area contributed by atoms with Crippen LogP contribution < -0.4 is 5.32 Å². The largest absolute Gasteiger partial charge is 0.481 e. The van der Waals surface area contributed by atoms with Gasteiger partial charge in [-0.3, -0.25) is 9.59 Å². The Labute approximate surface area is 100 Å². The molecule has 0 aliphatic rings. The number of hydrogen-bond acceptors (Lipinski definition) is 6. The van der Waals surface area contributed by atoms with Crippen molar-refractivity contribution in [3.63, 3.8) is 0 Å². The van der Waals surface area contributed by atoms with Crippen LogP contribution in [0, 0.1) is 0 Å². The van der Waals surface area contributed by atoms with Crippen molar-refractivity contribution in [2.75, 3.05) is 7.11 Å². The number of carboxylic acids is 1. The maximum absolute atomic E-state index is 11.1. The van der Waals surface area contributed by atoms with Crippen molar-refractivity contribution in [2.45, 2.75) is 13.0 Å². The van der Waals surface area contributed by atoms with E-state index in [0.717, 1.165) is 0 Å². The molecule has 8 heteroatoms. The molecule has 0 aliphatic heterocycles. The average molecular weight is 258 g/mol. The molecule has 0 aromatic carbocycles. The number of methoxy groups -OCH3 is 1. The molecule has 0 unspecified atom stereocenters. The van der Waals surface area contributed by atoms with Crippen LogP contribution >= 0.6 is 11.3 Å². The first-order chi connectivity index (χ1) is 8.02. The molecule has 1 aromatic rings. The highest BCUT2D eigenvalue weighted by atomic mass is 32.1. The molecule has 2 N–H and O–H groups in total. The Hall–Kier alpha value is -1.96. The Balaban J connectivity index is 2.47. The zero-order valence-corrected chi connectivity index (χ0v) is 9.74. The van der Waals surface area contributed by atoms with Crippen LogP contribution in [-0.4, -0.2) is 35.0 Å². The second-order valence-corrected chi connectivity index (χ2v) is 3.91. The topological polar surface area (TPSA) is 106 Å². The number of amides is 1. The fourth-order valence-corrected chi connectivity index (χ4v) is 1.67. The van der Waals surface area contributed by atoms with Crippen LogP contribution in [0.3, 0.4) is 0 Å². The van der Waals surface area contributed by atoms with Crippen molar-refractivity contribution in [2.24, 2.45) is 0 Å². The summed E-state index contributed by atoms with van der Waals surface area (Å²) < 4.78 is 4.47. The van der Waals surface area contributed by atoms with E-state index in [2.05, 4.69) is 15.0 Å². The number of carbonyl (C=O) groups is 3. The maximum Gasteiger partial charge on any atom is 0.357 e. The summed E-state index contributed by atoms with van der Waals surface area (Å²) in [6.45, 7) is 0.0910. The van der Waals surface area contributed by atoms with Gasteiger partial charge in [0.15, 0.2) is 5.69 Å². The van der Waals surface area contributed by atoms with E-state index in [1.165, 1.54) is 23.8 Å². The number of esters is 1. The van der Waals surface area contributed by atoms with Gasteiger partial charge in [-0.15, -0.1) is 11.3 Å². The molecule has 1 aromatic heterocycles. The summed E-state index contributed by atoms with van der Waals surface area (Å²) in [6.07, 6.45) is -0.588. The van der Waals surface area contributed by atoms with Gasteiger partial charge < -0.3 is 15.2 Å². The molecular formula is C9H10N2O5S.